The number of likely N-dealkylation sites (tertiary alicyclic amines) is 1. The Hall–Kier alpha value is -1.57. The number of piperidine rings is 1. The number of aliphatic hydroxyl groups is 1. The topological polar surface area (TPSA) is 56.5 Å². The molecule has 0 bridgehead atoms. The van der Waals surface area contributed by atoms with Gasteiger partial charge in [-0.25, -0.2) is 0 Å². The minimum absolute atomic E-state index is 0.220. The van der Waals surface area contributed by atoms with Crippen molar-refractivity contribution in [1.82, 2.24) is 4.90 Å². The number of benzene rings is 1. The molecule has 114 valence electrons. The fourth-order valence-corrected chi connectivity index (χ4v) is 3.16. The van der Waals surface area contributed by atoms with Gasteiger partial charge in [0, 0.05) is 19.6 Å². The molecule has 0 radical (unpaired) electrons. The van der Waals surface area contributed by atoms with E-state index in [9.17, 15) is 5.11 Å². The van der Waals surface area contributed by atoms with Crippen LogP contribution >= 0.6 is 0 Å². The smallest absolute Gasteiger partial charge is 0.137 e. The second-order valence-electron chi connectivity index (χ2n) is 6.24. The highest BCUT2D eigenvalue weighted by atomic mass is 16.5. The maximum absolute atomic E-state index is 10.1. The third kappa shape index (κ3) is 4.73. The molecule has 1 aromatic carbocycles. The van der Waals surface area contributed by atoms with Crippen LogP contribution < -0.4 is 4.74 Å². The highest BCUT2D eigenvalue weighted by Crippen LogP contribution is 2.21. The quantitative estimate of drug-likeness (QED) is 0.903. The van der Waals surface area contributed by atoms with Gasteiger partial charge in [-0.2, -0.15) is 5.26 Å². The molecule has 3 atom stereocenters. The Bertz CT molecular complexity index is 488. The summed E-state index contributed by atoms with van der Waals surface area (Å²) in [5, 5.41) is 19.2. The molecule has 1 aliphatic heterocycles. The second-order valence-corrected chi connectivity index (χ2v) is 6.24. The Balaban J connectivity index is 1.82. The Morgan fingerprint density at radius 3 is 2.67 bits per heavy atom. The number of aliphatic hydroxyl groups excluding tert-OH is 1. The van der Waals surface area contributed by atoms with Crippen molar-refractivity contribution in [3.8, 4) is 11.8 Å². The van der Waals surface area contributed by atoms with E-state index in [1.165, 1.54) is 6.42 Å². The van der Waals surface area contributed by atoms with Crippen LogP contribution in [0, 0.1) is 23.2 Å². The van der Waals surface area contributed by atoms with Crippen LogP contribution in [0.25, 0.3) is 0 Å². The lowest BCUT2D eigenvalue weighted by Gasteiger charge is -2.35. The predicted molar refractivity (Wildman–Crippen MR) is 82.0 cm³/mol. The van der Waals surface area contributed by atoms with Crippen LogP contribution in [0.5, 0.6) is 5.75 Å². The van der Waals surface area contributed by atoms with E-state index in [4.69, 9.17) is 10.00 Å². The molecule has 3 unspecified atom stereocenters. The Kier molecular flexibility index (Phi) is 5.60. The van der Waals surface area contributed by atoms with Crippen LogP contribution in [-0.2, 0) is 0 Å². The molecule has 21 heavy (non-hydrogen) atoms. The van der Waals surface area contributed by atoms with Crippen LogP contribution in [-0.4, -0.2) is 42.4 Å². The van der Waals surface area contributed by atoms with Gasteiger partial charge in [-0.3, -0.25) is 0 Å². The molecular formula is C17H24N2O2. The van der Waals surface area contributed by atoms with E-state index < -0.39 is 6.10 Å². The van der Waals surface area contributed by atoms with Gasteiger partial charge in [-0.1, -0.05) is 26.0 Å². The number of nitriles is 1. The summed E-state index contributed by atoms with van der Waals surface area (Å²) in [6.07, 6.45) is 0.729. The van der Waals surface area contributed by atoms with Gasteiger partial charge in [0.15, 0.2) is 0 Å². The van der Waals surface area contributed by atoms with E-state index in [1.54, 1.807) is 18.2 Å². The summed E-state index contributed by atoms with van der Waals surface area (Å²) in [4.78, 5) is 2.31. The largest absolute Gasteiger partial charge is 0.489 e. The Morgan fingerprint density at radius 2 is 2.00 bits per heavy atom. The first-order valence-electron chi connectivity index (χ1n) is 7.60. The fraction of sp³-hybridized carbons (Fsp3) is 0.588. The van der Waals surface area contributed by atoms with E-state index in [2.05, 4.69) is 24.8 Å². The minimum atomic E-state index is -0.533. The normalized spacial score (nSPS) is 24.3. The molecule has 4 heteroatoms. The zero-order chi connectivity index (χ0) is 15.2. The molecule has 0 aromatic heterocycles. The zero-order valence-corrected chi connectivity index (χ0v) is 12.8. The maximum Gasteiger partial charge on any atom is 0.137 e. The van der Waals surface area contributed by atoms with E-state index in [0.29, 0.717) is 29.7 Å². The number of β-amino-alcohol motifs (C(OH)–C–C–N with tert-alkyl or cyclic N) is 1. The summed E-state index contributed by atoms with van der Waals surface area (Å²) in [5.74, 6) is 1.90. The van der Waals surface area contributed by atoms with E-state index in [1.807, 2.05) is 6.07 Å². The predicted octanol–water partition coefficient (Wildman–Crippen LogP) is 2.28. The molecule has 0 amide bonds. The van der Waals surface area contributed by atoms with Crippen molar-refractivity contribution >= 4 is 0 Å². The molecule has 1 N–H and O–H groups in total. The maximum atomic E-state index is 10.1. The van der Waals surface area contributed by atoms with Gasteiger partial charge < -0.3 is 14.7 Å². The van der Waals surface area contributed by atoms with Crippen molar-refractivity contribution in [3.63, 3.8) is 0 Å². The molecule has 1 aliphatic rings. The van der Waals surface area contributed by atoms with Crippen molar-refractivity contribution < 1.29 is 9.84 Å². The number of hydrogen-bond acceptors (Lipinski definition) is 4. The summed E-state index contributed by atoms with van der Waals surface area (Å²) in [6, 6.07) is 9.21. The van der Waals surface area contributed by atoms with Crippen LogP contribution in [0.4, 0.5) is 0 Å². The monoisotopic (exact) mass is 288 g/mol. The molecule has 2 rings (SSSR count). The molecule has 1 aromatic rings. The van der Waals surface area contributed by atoms with Gasteiger partial charge in [0.1, 0.15) is 24.5 Å². The molecule has 1 fully saturated rings. The standard InChI is InChI=1S/C17H24N2O2/c1-13-7-14(2)10-19(9-13)11-16(20)12-21-17-6-4-3-5-15(17)8-18/h3-6,13-14,16,20H,7,9-12H2,1-2H3. The van der Waals surface area contributed by atoms with E-state index >= 15 is 0 Å². The third-order valence-corrected chi connectivity index (χ3v) is 3.85. The van der Waals surface area contributed by atoms with Gasteiger partial charge in [0.05, 0.1) is 5.56 Å². The molecule has 0 aliphatic carbocycles. The zero-order valence-electron chi connectivity index (χ0n) is 12.8. The van der Waals surface area contributed by atoms with Crippen molar-refractivity contribution in [2.75, 3.05) is 26.2 Å². The second kappa shape index (κ2) is 7.44. The lowest BCUT2D eigenvalue weighted by molar-refractivity contribution is 0.0428. The molecular weight excluding hydrogens is 264 g/mol. The lowest BCUT2D eigenvalue weighted by Crippen LogP contribution is -2.44. The molecule has 0 spiro atoms. The van der Waals surface area contributed by atoms with Crippen molar-refractivity contribution in [3.05, 3.63) is 29.8 Å². The van der Waals surface area contributed by atoms with Crippen molar-refractivity contribution in [1.29, 1.82) is 5.26 Å². The minimum Gasteiger partial charge on any atom is -0.489 e. The molecule has 1 heterocycles. The summed E-state index contributed by atoms with van der Waals surface area (Å²) < 4.78 is 5.59. The lowest BCUT2D eigenvalue weighted by atomic mass is 9.92. The third-order valence-electron chi connectivity index (χ3n) is 3.85. The Labute approximate surface area is 127 Å². The van der Waals surface area contributed by atoms with E-state index in [0.717, 1.165) is 13.1 Å². The number of nitrogens with zero attached hydrogens (tertiary/aromatic N) is 2. The van der Waals surface area contributed by atoms with Gasteiger partial charge in [0.2, 0.25) is 0 Å². The number of para-hydroxylation sites is 1. The van der Waals surface area contributed by atoms with Crippen LogP contribution in [0.15, 0.2) is 24.3 Å². The van der Waals surface area contributed by atoms with Crippen LogP contribution in [0.2, 0.25) is 0 Å². The number of ether oxygens (including phenoxy) is 1. The fourth-order valence-electron chi connectivity index (χ4n) is 3.16. The summed E-state index contributed by atoms with van der Waals surface area (Å²) in [6.45, 7) is 7.44. The first-order chi connectivity index (χ1) is 10.1. The summed E-state index contributed by atoms with van der Waals surface area (Å²) >= 11 is 0. The van der Waals surface area contributed by atoms with Gasteiger partial charge in [-0.05, 0) is 30.4 Å². The molecule has 1 saturated heterocycles. The number of rotatable bonds is 5. The van der Waals surface area contributed by atoms with Crippen LogP contribution in [0.1, 0.15) is 25.8 Å². The van der Waals surface area contributed by atoms with Crippen molar-refractivity contribution in [2.24, 2.45) is 11.8 Å². The first kappa shape index (κ1) is 15.8. The van der Waals surface area contributed by atoms with Gasteiger partial charge in [0.25, 0.3) is 0 Å². The molecule has 0 saturated carbocycles. The van der Waals surface area contributed by atoms with Crippen LogP contribution in [0.3, 0.4) is 0 Å². The van der Waals surface area contributed by atoms with E-state index in [-0.39, 0.29) is 6.61 Å². The van der Waals surface area contributed by atoms with Gasteiger partial charge >= 0.3 is 0 Å². The highest BCUT2D eigenvalue weighted by molar-refractivity contribution is 5.42. The SMILES string of the molecule is CC1CC(C)CN(CC(O)COc2ccccc2C#N)C1. The summed E-state index contributed by atoms with van der Waals surface area (Å²) in [7, 11) is 0. The van der Waals surface area contributed by atoms with Gasteiger partial charge in [-0.15, -0.1) is 0 Å². The molecule has 4 nitrogen and oxygen atoms in total. The Morgan fingerprint density at radius 1 is 1.33 bits per heavy atom. The first-order valence-corrected chi connectivity index (χ1v) is 7.60. The van der Waals surface area contributed by atoms with Crippen molar-refractivity contribution in [2.45, 2.75) is 26.4 Å². The average molecular weight is 288 g/mol. The highest BCUT2D eigenvalue weighted by Gasteiger charge is 2.23. The number of hydrogen-bond donors (Lipinski definition) is 1. The average Bonchev–Trinajstić information content (AvgIpc) is 2.44. The summed E-state index contributed by atoms with van der Waals surface area (Å²) in [5.41, 5.74) is 0.505.